The minimum Gasteiger partial charge on any atom is -0.481 e. The van der Waals surface area contributed by atoms with Crippen molar-refractivity contribution in [3.8, 4) is 0 Å². The Morgan fingerprint density at radius 1 is 1.38 bits per heavy atom. The van der Waals surface area contributed by atoms with Crippen molar-refractivity contribution in [1.29, 1.82) is 0 Å². The van der Waals surface area contributed by atoms with Gasteiger partial charge in [-0.05, 0) is 58.9 Å². The van der Waals surface area contributed by atoms with E-state index in [1.165, 1.54) is 9.75 Å². The molecule has 3 rings (SSSR count). The molecule has 3 heterocycles. The van der Waals surface area contributed by atoms with Gasteiger partial charge < -0.3 is 5.11 Å². The first-order valence-electron chi connectivity index (χ1n) is 6.90. The Hall–Kier alpha value is -0.690. The summed E-state index contributed by atoms with van der Waals surface area (Å²) in [6.45, 7) is 1.59. The molecule has 112 valence electrons. The highest BCUT2D eigenvalue weighted by Gasteiger charge is 2.32. The van der Waals surface area contributed by atoms with Crippen LogP contribution in [-0.4, -0.2) is 29.1 Å². The fourth-order valence-corrected chi connectivity index (χ4v) is 5.39. The molecule has 1 fully saturated rings. The van der Waals surface area contributed by atoms with E-state index < -0.39 is 5.97 Å². The molecule has 0 saturated carbocycles. The molecule has 6 heteroatoms. The number of carboxylic acids is 1. The van der Waals surface area contributed by atoms with Crippen molar-refractivity contribution in [2.45, 2.75) is 18.9 Å². The second-order valence-electron chi connectivity index (χ2n) is 5.23. The van der Waals surface area contributed by atoms with E-state index in [0.717, 1.165) is 23.2 Å². The molecule has 1 aliphatic heterocycles. The van der Waals surface area contributed by atoms with Gasteiger partial charge in [0.25, 0.3) is 0 Å². The van der Waals surface area contributed by atoms with Crippen LogP contribution in [0.1, 0.15) is 28.6 Å². The van der Waals surface area contributed by atoms with Crippen molar-refractivity contribution >= 4 is 44.6 Å². The molecule has 0 spiro atoms. The molecule has 0 amide bonds. The van der Waals surface area contributed by atoms with E-state index in [2.05, 4.69) is 50.5 Å². The molecule has 2 aromatic rings. The van der Waals surface area contributed by atoms with Gasteiger partial charge in [-0.2, -0.15) is 0 Å². The van der Waals surface area contributed by atoms with Crippen molar-refractivity contribution in [3.05, 3.63) is 43.2 Å². The lowest BCUT2D eigenvalue weighted by molar-refractivity contribution is -0.143. The fraction of sp³-hybridized carbons (Fsp3) is 0.400. The van der Waals surface area contributed by atoms with Gasteiger partial charge in [0, 0.05) is 16.3 Å². The van der Waals surface area contributed by atoms with Gasteiger partial charge in [0.05, 0.1) is 15.7 Å². The number of halogens is 1. The van der Waals surface area contributed by atoms with Gasteiger partial charge in [-0.1, -0.05) is 6.07 Å². The van der Waals surface area contributed by atoms with E-state index in [1.54, 1.807) is 22.7 Å². The number of piperidine rings is 1. The summed E-state index contributed by atoms with van der Waals surface area (Å²) in [7, 11) is 0. The number of carbonyl (C=O) groups is 1. The van der Waals surface area contributed by atoms with Crippen molar-refractivity contribution < 1.29 is 9.90 Å². The van der Waals surface area contributed by atoms with Crippen LogP contribution in [0.2, 0.25) is 0 Å². The van der Waals surface area contributed by atoms with E-state index in [4.69, 9.17) is 0 Å². The molecule has 2 atom stereocenters. The molecule has 1 saturated heterocycles. The topological polar surface area (TPSA) is 40.5 Å². The van der Waals surface area contributed by atoms with E-state index in [9.17, 15) is 9.90 Å². The molecule has 0 aliphatic carbocycles. The van der Waals surface area contributed by atoms with E-state index in [0.29, 0.717) is 6.54 Å². The third-order valence-electron chi connectivity index (χ3n) is 3.84. The maximum absolute atomic E-state index is 11.3. The maximum Gasteiger partial charge on any atom is 0.307 e. The number of aliphatic carboxylic acids is 1. The summed E-state index contributed by atoms with van der Waals surface area (Å²) in [6, 6.07) is 8.60. The zero-order chi connectivity index (χ0) is 14.8. The average Bonchev–Trinajstić information content (AvgIpc) is 3.12. The maximum atomic E-state index is 11.3. The highest BCUT2D eigenvalue weighted by atomic mass is 79.9. The number of hydrogen-bond acceptors (Lipinski definition) is 4. The normalized spacial score (nSPS) is 21.3. The zero-order valence-electron chi connectivity index (χ0n) is 11.4. The minimum atomic E-state index is -0.669. The number of nitrogens with zero attached hydrogens (tertiary/aromatic N) is 1. The molecule has 1 aliphatic rings. The predicted octanol–water partition coefficient (Wildman–Crippen LogP) is 4.46. The molecule has 2 aromatic heterocycles. The number of rotatable bonds is 4. The highest BCUT2D eigenvalue weighted by Crippen LogP contribution is 2.39. The van der Waals surface area contributed by atoms with Gasteiger partial charge >= 0.3 is 5.97 Å². The average molecular weight is 386 g/mol. The Kier molecular flexibility index (Phi) is 4.78. The Morgan fingerprint density at radius 3 is 2.86 bits per heavy atom. The standard InChI is InChI=1S/C15H16BrNO2S2/c16-13-6-5-12(21-13)14(11-4-2-8-20-11)17-7-1-3-10(9-17)15(18)19/h2,4-6,8,10,14H,1,3,7,9H2,(H,18,19). The van der Waals surface area contributed by atoms with E-state index in [1.807, 2.05) is 0 Å². The molecule has 1 N–H and O–H groups in total. The van der Waals surface area contributed by atoms with Crippen molar-refractivity contribution in [3.63, 3.8) is 0 Å². The molecular formula is C15H16BrNO2S2. The van der Waals surface area contributed by atoms with Crippen LogP contribution in [-0.2, 0) is 4.79 Å². The van der Waals surface area contributed by atoms with Crippen molar-refractivity contribution in [1.82, 2.24) is 4.90 Å². The molecule has 0 bridgehead atoms. The largest absolute Gasteiger partial charge is 0.481 e. The summed E-state index contributed by atoms with van der Waals surface area (Å²) in [6.07, 6.45) is 1.74. The van der Waals surface area contributed by atoms with Crippen LogP contribution in [0.4, 0.5) is 0 Å². The molecular weight excluding hydrogens is 370 g/mol. The van der Waals surface area contributed by atoms with Crippen LogP contribution in [0.15, 0.2) is 33.4 Å². The second-order valence-corrected chi connectivity index (χ2v) is 8.71. The first-order chi connectivity index (χ1) is 10.1. The number of carboxylic acid groups (broad SMARTS) is 1. The number of thiophene rings is 2. The van der Waals surface area contributed by atoms with Crippen LogP contribution in [0.25, 0.3) is 0 Å². The van der Waals surface area contributed by atoms with Crippen LogP contribution in [0.5, 0.6) is 0 Å². The van der Waals surface area contributed by atoms with Crippen molar-refractivity contribution in [2.75, 3.05) is 13.1 Å². The SMILES string of the molecule is O=C(O)C1CCCN(C(c2cccs2)c2ccc(Br)s2)C1. The summed E-state index contributed by atoms with van der Waals surface area (Å²) in [5, 5.41) is 11.4. The van der Waals surface area contributed by atoms with Gasteiger partial charge in [-0.15, -0.1) is 22.7 Å². The van der Waals surface area contributed by atoms with Crippen LogP contribution < -0.4 is 0 Å². The van der Waals surface area contributed by atoms with Gasteiger partial charge in [-0.3, -0.25) is 9.69 Å². The zero-order valence-corrected chi connectivity index (χ0v) is 14.6. The van der Waals surface area contributed by atoms with Crippen LogP contribution in [0, 0.1) is 5.92 Å². The van der Waals surface area contributed by atoms with E-state index >= 15 is 0 Å². The Bertz CT molecular complexity index is 611. The minimum absolute atomic E-state index is 0.184. The van der Waals surface area contributed by atoms with Crippen LogP contribution in [0.3, 0.4) is 0 Å². The van der Waals surface area contributed by atoms with Gasteiger partial charge in [0.15, 0.2) is 0 Å². The van der Waals surface area contributed by atoms with E-state index in [-0.39, 0.29) is 12.0 Å². The lowest BCUT2D eigenvalue weighted by Crippen LogP contribution is -2.40. The fourth-order valence-electron chi connectivity index (χ4n) is 2.86. The Labute approximate surface area is 140 Å². The summed E-state index contributed by atoms with van der Waals surface area (Å²) >= 11 is 7.00. The first kappa shape index (κ1) is 15.2. The molecule has 3 nitrogen and oxygen atoms in total. The molecule has 0 aromatic carbocycles. The van der Waals surface area contributed by atoms with Gasteiger partial charge in [0.1, 0.15) is 0 Å². The summed E-state index contributed by atoms with van der Waals surface area (Å²) in [5.41, 5.74) is 0. The van der Waals surface area contributed by atoms with Gasteiger partial charge in [-0.25, -0.2) is 0 Å². The number of hydrogen-bond donors (Lipinski definition) is 1. The van der Waals surface area contributed by atoms with Crippen molar-refractivity contribution in [2.24, 2.45) is 5.92 Å². The Morgan fingerprint density at radius 2 is 2.24 bits per heavy atom. The summed E-state index contributed by atoms with van der Waals surface area (Å²) in [4.78, 5) is 16.2. The summed E-state index contributed by atoms with van der Waals surface area (Å²) in [5.74, 6) is -0.915. The number of likely N-dealkylation sites (tertiary alicyclic amines) is 1. The quantitative estimate of drug-likeness (QED) is 0.844. The van der Waals surface area contributed by atoms with Gasteiger partial charge in [0.2, 0.25) is 0 Å². The third kappa shape index (κ3) is 3.39. The van der Waals surface area contributed by atoms with Crippen LogP contribution >= 0.6 is 38.6 Å². The lowest BCUT2D eigenvalue weighted by Gasteiger charge is -2.36. The highest BCUT2D eigenvalue weighted by molar-refractivity contribution is 9.11. The molecule has 2 unspecified atom stereocenters. The smallest absolute Gasteiger partial charge is 0.307 e. The lowest BCUT2D eigenvalue weighted by atomic mass is 9.96. The monoisotopic (exact) mass is 385 g/mol. The molecule has 21 heavy (non-hydrogen) atoms. The second kappa shape index (κ2) is 6.60. The first-order valence-corrected chi connectivity index (χ1v) is 9.39. The molecule has 0 radical (unpaired) electrons. The predicted molar refractivity (Wildman–Crippen MR) is 90.1 cm³/mol. The summed E-state index contributed by atoms with van der Waals surface area (Å²) < 4.78 is 1.12. The third-order valence-corrected chi connectivity index (χ3v) is 6.44. The Balaban J connectivity index is 1.90.